The molecule has 0 spiro atoms. The van der Waals surface area contributed by atoms with Gasteiger partial charge < -0.3 is 14.5 Å². The highest BCUT2D eigenvalue weighted by Crippen LogP contribution is 2.22. The monoisotopic (exact) mass is 353 g/mol. The molecule has 1 aromatic heterocycles. The van der Waals surface area contributed by atoms with Gasteiger partial charge in [0.1, 0.15) is 17.6 Å². The van der Waals surface area contributed by atoms with Gasteiger partial charge in [-0.2, -0.15) is 0 Å². The van der Waals surface area contributed by atoms with Crippen molar-refractivity contribution in [2.24, 2.45) is 0 Å². The van der Waals surface area contributed by atoms with Crippen LogP contribution < -0.4 is 5.32 Å². The van der Waals surface area contributed by atoms with Crippen molar-refractivity contribution in [3.8, 4) is 0 Å². The van der Waals surface area contributed by atoms with Crippen molar-refractivity contribution in [2.75, 3.05) is 6.61 Å². The highest BCUT2D eigenvalue weighted by Gasteiger charge is 2.20. The van der Waals surface area contributed by atoms with E-state index in [0.717, 1.165) is 17.7 Å². The predicted octanol–water partition coefficient (Wildman–Crippen LogP) is 3.48. The van der Waals surface area contributed by atoms with E-state index >= 15 is 0 Å². The van der Waals surface area contributed by atoms with Crippen LogP contribution in [0.3, 0.4) is 0 Å². The number of carbonyl (C=O) groups is 2. The summed E-state index contributed by atoms with van der Waals surface area (Å²) in [5, 5.41) is 2.78. The summed E-state index contributed by atoms with van der Waals surface area (Å²) in [4.78, 5) is 24.1. The first kappa shape index (κ1) is 17.4. The van der Waals surface area contributed by atoms with E-state index in [1.807, 2.05) is 30.3 Å². The van der Waals surface area contributed by atoms with Crippen LogP contribution in [0.15, 0.2) is 77.4 Å². The van der Waals surface area contributed by atoms with Gasteiger partial charge in [0, 0.05) is 0 Å². The van der Waals surface area contributed by atoms with E-state index in [2.05, 4.69) is 5.32 Å². The molecule has 0 aliphatic heterocycles. The minimum absolute atomic E-state index is 0.171. The van der Waals surface area contributed by atoms with E-state index in [-0.39, 0.29) is 5.56 Å². The minimum atomic E-state index is -0.700. The molecule has 3 aromatic rings. The van der Waals surface area contributed by atoms with Crippen LogP contribution in [0.2, 0.25) is 0 Å². The topological polar surface area (TPSA) is 68.5 Å². The molecule has 6 heteroatoms. The van der Waals surface area contributed by atoms with Gasteiger partial charge in [0.2, 0.25) is 0 Å². The van der Waals surface area contributed by atoms with Gasteiger partial charge in [0.05, 0.1) is 11.8 Å². The van der Waals surface area contributed by atoms with Crippen molar-refractivity contribution in [1.29, 1.82) is 0 Å². The van der Waals surface area contributed by atoms with Crippen LogP contribution in [-0.4, -0.2) is 18.5 Å². The highest BCUT2D eigenvalue weighted by molar-refractivity contribution is 5.91. The summed E-state index contributed by atoms with van der Waals surface area (Å²) < 4.78 is 23.3. The Kier molecular flexibility index (Phi) is 5.43. The largest absolute Gasteiger partial charge is 0.467 e. The van der Waals surface area contributed by atoms with Gasteiger partial charge in [-0.3, -0.25) is 4.79 Å². The first-order chi connectivity index (χ1) is 12.6. The van der Waals surface area contributed by atoms with Crippen molar-refractivity contribution in [3.63, 3.8) is 0 Å². The summed E-state index contributed by atoms with van der Waals surface area (Å²) in [6, 6.07) is 17.2. The average Bonchev–Trinajstić information content (AvgIpc) is 3.20. The molecule has 0 saturated carbocycles. The fourth-order valence-electron chi connectivity index (χ4n) is 2.42. The van der Waals surface area contributed by atoms with Crippen molar-refractivity contribution >= 4 is 11.9 Å². The molecule has 26 heavy (non-hydrogen) atoms. The summed E-state index contributed by atoms with van der Waals surface area (Å²) in [6.45, 7) is -0.458. The Morgan fingerprint density at radius 2 is 1.73 bits per heavy atom. The summed E-state index contributed by atoms with van der Waals surface area (Å²) >= 11 is 0. The number of ether oxygens (including phenoxy) is 1. The summed E-state index contributed by atoms with van der Waals surface area (Å²) in [7, 11) is 0. The molecule has 0 aliphatic carbocycles. The lowest BCUT2D eigenvalue weighted by molar-refractivity contribution is -0.124. The van der Waals surface area contributed by atoms with E-state index in [0.29, 0.717) is 5.76 Å². The fourth-order valence-corrected chi connectivity index (χ4v) is 2.42. The smallest absolute Gasteiger partial charge is 0.338 e. The third kappa shape index (κ3) is 4.36. The molecule has 3 rings (SSSR count). The molecule has 1 atom stereocenters. The molecule has 5 nitrogen and oxygen atoms in total. The van der Waals surface area contributed by atoms with Crippen LogP contribution in [0.4, 0.5) is 4.39 Å². The van der Waals surface area contributed by atoms with Crippen molar-refractivity contribution < 1.29 is 23.1 Å². The second kappa shape index (κ2) is 8.11. The Morgan fingerprint density at radius 3 is 2.38 bits per heavy atom. The highest BCUT2D eigenvalue weighted by atomic mass is 19.1. The molecular formula is C20H16FNO4. The van der Waals surface area contributed by atoms with Crippen LogP contribution >= 0.6 is 0 Å². The zero-order chi connectivity index (χ0) is 18.4. The SMILES string of the molecule is O=C(COC(=O)c1ccc(F)cc1)N[C@H](c1ccccc1)c1ccco1. The number of amides is 1. The number of halogens is 1. The number of hydrogen-bond donors (Lipinski definition) is 1. The molecule has 0 radical (unpaired) electrons. The van der Waals surface area contributed by atoms with Gasteiger partial charge >= 0.3 is 5.97 Å². The lowest BCUT2D eigenvalue weighted by atomic mass is 10.0. The van der Waals surface area contributed by atoms with E-state index in [9.17, 15) is 14.0 Å². The minimum Gasteiger partial charge on any atom is -0.467 e. The molecular weight excluding hydrogens is 337 g/mol. The number of nitrogens with one attached hydrogen (secondary N) is 1. The molecule has 0 saturated heterocycles. The maximum absolute atomic E-state index is 12.9. The zero-order valence-electron chi connectivity index (χ0n) is 13.7. The lowest BCUT2D eigenvalue weighted by Crippen LogP contribution is -2.33. The van der Waals surface area contributed by atoms with E-state index in [4.69, 9.17) is 9.15 Å². The second-order valence-electron chi connectivity index (χ2n) is 5.51. The first-order valence-corrected chi connectivity index (χ1v) is 7.94. The predicted molar refractivity (Wildman–Crippen MR) is 91.8 cm³/mol. The van der Waals surface area contributed by atoms with E-state index in [1.54, 1.807) is 12.1 Å². The van der Waals surface area contributed by atoms with Crippen molar-refractivity contribution in [2.45, 2.75) is 6.04 Å². The molecule has 0 bridgehead atoms. The standard InChI is InChI=1S/C20H16FNO4/c21-16-10-8-15(9-11-16)20(24)26-13-18(23)22-19(17-7-4-12-25-17)14-5-2-1-3-6-14/h1-12,19H,13H2,(H,22,23)/t19-/m1/s1. The summed E-state index contributed by atoms with van der Waals surface area (Å²) in [5.74, 6) is -1.07. The van der Waals surface area contributed by atoms with Crippen LogP contribution in [0.25, 0.3) is 0 Å². The molecule has 132 valence electrons. The molecule has 0 fully saturated rings. The average molecular weight is 353 g/mol. The summed E-state index contributed by atoms with van der Waals surface area (Å²) in [5.41, 5.74) is 1.01. The van der Waals surface area contributed by atoms with Crippen LogP contribution in [0.5, 0.6) is 0 Å². The van der Waals surface area contributed by atoms with Gasteiger partial charge in [-0.05, 0) is 42.0 Å². The Bertz CT molecular complexity index is 861. The number of rotatable bonds is 6. The quantitative estimate of drug-likeness (QED) is 0.689. The van der Waals surface area contributed by atoms with Crippen molar-refractivity contribution in [1.82, 2.24) is 5.32 Å². The van der Waals surface area contributed by atoms with E-state index < -0.39 is 30.3 Å². The Hall–Kier alpha value is -3.41. The van der Waals surface area contributed by atoms with Gasteiger partial charge in [-0.15, -0.1) is 0 Å². The molecule has 0 aliphatic rings. The van der Waals surface area contributed by atoms with Gasteiger partial charge in [-0.1, -0.05) is 30.3 Å². The summed E-state index contributed by atoms with van der Waals surface area (Å²) in [6.07, 6.45) is 1.52. The number of esters is 1. The van der Waals surface area contributed by atoms with Crippen molar-refractivity contribution in [3.05, 3.63) is 95.7 Å². The van der Waals surface area contributed by atoms with Gasteiger partial charge in [0.15, 0.2) is 6.61 Å². The molecule has 1 heterocycles. The molecule has 2 aromatic carbocycles. The third-order valence-corrected chi connectivity index (χ3v) is 3.68. The van der Waals surface area contributed by atoms with Crippen LogP contribution in [0.1, 0.15) is 27.7 Å². The number of benzene rings is 2. The maximum Gasteiger partial charge on any atom is 0.338 e. The number of carbonyl (C=O) groups excluding carboxylic acids is 2. The normalized spacial score (nSPS) is 11.6. The molecule has 1 amide bonds. The lowest BCUT2D eigenvalue weighted by Gasteiger charge is -2.17. The van der Waals surface area contributed by atoms with Crippen LogP contribution in [-0.2, 0) is 9.53 Å². The number of hydrogen-bond acceptors (Lipinski definition) is 4. The Labute approximate surface area is 149 Å². The first-order valence-electron chi connectivity index (χ1n) is 7.94. The second-order valence-corrected chi connectivity index (χ2v) is 5.51. The third-order valence-electron chi connectivity index (χ3n) is 3.68. The Morgan fingerprint density at radius 1 is 1.00 bits per heavy atom. The maximum atomic E-state index is 12.9. The van der Waals surface area contributed by atoms with Crippen LogP contribution in [0, 0.1) is 5.82 Å². The molecule has 1 N–H and O–H groups in total. The Balaban J connectivity index is 1.63. The van der Waals surface area contributed by atoms with Gasteiger partial charge in [0.25, 0.3) is 5.91 Å². The zero-order valence-corrected chi connectivity index (χ0v) is 13.7. The van der Waals surface area contributed by atoms with Gasteiger partial charge in [-0.25, -0.2) is 9.18 Å². The van der Waals surface area contributed by atoms with E-state index in [1.165, 1.54) is 18.4 Å². The molecule has 0 unspecified atom stereocenters. The number of furan rings is 1. The fraction of sp³-hybridized carbons (Fsp3) is 0.100.